The van der Waals surface area contributed by atoms with Gasteiger partial charge in [0.05, 0.1) is 11.6 Å². The highest BCUT2D eigenvalue weighted by Gasteiger charge is 2.26. The van der Waals surface area contributed by atoms with Crippen molar-refractivity contribution < 1.29 is 9.53 Å². The third-order valence-electron chi connectivity index (χ3n) is 4.74. The second kappa shape index (κ2) is 8.33. The normalized spacial score (nSPS) is 12.0. The molecule has 0 aliphatic carbocycles. The van der Waals surface area contributed by atoms with Crippen molar-refractivity contribution in [3.8, 4) is 11.8 Å². The number of aryl methyl sites for hydroxylation is 3. The van der Waals surface area contributed by atoms with Crippen LogP contribution in [0.1, 0.15) is 54.4 Å². The zero-order valence-electron chi connectivity index (χ0n) is 17.1. The second-order valence-electron chi connectivity index (χ2n) is 6.88. The lowest BCUT2D eigenvalue weighted by Gasteiger charge is -2.15. The zero-order chi connectivity index (χ0) is 20.3. The van der Waals surface area contributed by atoms with Gasteiger partial charge in [-0.25, -0.2) is 9.97 Å². The molecule has 1 aromatic carbocycles. The molecule has 0 N–H and O–H groups in total. The first-order valence-electron chi connectivity index (χ1n) is 9.62. The van der Waals surface area contributed by atoms with Gasteiger partial charge in [0.2, 0.25) is 5.88 Å². The number of ether oxygens (including phenoxy) is 1. The minimum Gasteiger partial charge on any atom is -0.406 e. The minimum absolute atomic E-state index is 0.297. The summed E-state index contributed by atoms with van der Waals surface area (Å²) in [6.45, 7) is 9.72. The molecule has 0 amide bonds. The van der Waals surface area contributed by atoms with E-state index in [0.29, 0.717) is 24.7 Å². The van der Waals surface area contributed by atoms with E-state index in [-0.39, 0.29) is 11.9 Å². The molecule has 0 saturated carbocycles. The van der Waals surface area contributed by atoms with Crippen molar-refractivity contribution in [2.45, 2.75) is 53.4 Å². The predicted molar refractivity (Wildman–Crippen MR) is 108 cm³/mol. The highest BCUT2D eigenvalue weighted by Crippen LogP contribution is 2.29. The van der Waals surface area contributed by atoms with Gasteiger partial charge in [-0.3, -0.25) is 4.79 Å². The van der Waals surface area contributed by atoms with Crippen LogP contribution in [-0.2, 0) is 11.2 Å². The lowest BCUT2D eigenvalue weighted by Crippen LogP contribution is -2.21. The summed E-state index contributed by atoms with van der Waals surface area (Å²) in [6.07, 6.45) is 1.35. The van der Waals surface area contributed by atoms with Crippen LogP contribution >= 0.6 is 0 Å². The first kappa shape index (κ1) is 19.7. The van der Waals surface area contributed by atoms with E-state index < -0.39 is 0 Å². The van der Waals surface area contributed by atoms with Gasteiger partial charge in [0.15, 0.2) is 0 Å². The molecule has 0 saturated heterocycles. The number of esters is 1. The van der Waals surface area contributed by atoms with Crippen LogP contribution in [0.5, 0.6) is 5.88 Å². The average Bonchev–Trinajstić information content (AvgIpc) is 2.97. The Hall–Kier alpha value is -3.02. The number of hydrogen-bond acceptors (Lipinski definition) is 5. The standard InChI is InChI=1S/C22H26N4O2/c1-6-18-16(5)25-26(22-23-14(3)13-15(4)24-22)20(18)28-21(27)19(7-2)17-11-9-8-10-12-17/h8-13,19H,6-7H2,1-5H3. The Labute approximate surface area is 165 Å². The smallest absolute Gasteiger partial charge is 0.320 e. The Balaban J connectivity index is 2.02. The van der Waals surface area contributed by atoms with E-state index in [1.807, 2.05) is 71.0 Å². The molecular weight excluding hydrogens is 352 g/mol. The van der Waals surface area contributed by atoms with Crippen molar-refractivity contribution in [1.29, 1.82) is 0 Å². The fraction of sp³-hybridized carbons (Fsp3) is 0.364. The fourth-order valence-electron chi connectivity index (χ4n) is 3.38. The number of rotatable bonds is 6. The Bertz CT molecular complexity index is 959. The molecular formula is C22H26N4O2. The molecule has 0 aliphatic heterocycles. The SMILES string of the molecule is CCc1c(C)nn(-c2nc(C)cc(C)n2)c1OC(=O)C(CC)c1ccccc1. The molecule has 1 unspecified atom stereocenters. The fourth-order valence-corrected chi connectivity index (χ4v) is 3.38. The number of nitrogens with zero attached hydrogens (tertiary/aromatic N) is 4. The summed E-state index contributed by atoms with van der Waals surface area (Å²) in [5, 5.41) is 4.56. The molecule has 0 spiro atoms. The van der Waals surface area contributed by atoms with Gasteiger partial charge in [-0.1, -0.05) is 44.2 Å². The summed E-state index contributed by atoms with van der Waals surface area (Å²) < 4.78 is 7.46. The van der Waals surface area contributed by atoms with Crippen LogP contribution in [-0.4, -0.2) is 25.7 Å². The van der Waals surface area contributed by atoms with E-state index in [4.69, 9.17) is 4.74 Å². The van der Waals surface area contributed by atoms with E-state index in [1.165, 1.54) is 0 Å². The summed E-state index contributed by atoms with van der Waals surface area (Å²) >= 11 is 0. The molecule has 28 heavy (non-hydrogen) atoms. The molecule has 2 heterocycles. The molecule has 0 fully saturated rings. The Kier molecular flexibility index (Phi) is 5.87. The lowest BCUT2D eigenvalue weighted by atomic mass is 9.97. The molecule has 0 bridgehead atoms. The number of carbonyl (C=O) groups excluding carboxylic acids is 1. The predicted octanol–water partition coefficient (Wildman–Crippen LogP) is 4.25. The van der Waals surface area contributed by atoms with E-state index >= 15 is 0 Å². The van der Waals surface area contributed by atoms with Crippen molar-refractivity contribution in [3.63, 3.8) is 0 Å². The monoisotopic (exact) mass is 378 g/mol. The first-order valence-corrected chi connectivity index (χ1v) is 9.62. The number of hydrogen-bond donors (Lipinski definition) is 0. The van der Waals surface area contributed by atoms with Crippen LogP contribution in [0.4, 0.5) is 0 Å². The van der Waals surface area contributed by atoms with Crippen LogP contribution in [0.2, 0.25) is 0 Å². The first-order chi connectivity index (χ1) is 13.4. The summed E-state index contributed by atoms with van der Waals surface area (Å²) in [6, 6.07) is 11.6. The molecule has 146 valence electrons. The highest BCUT2D eigenvalue weighted by molar-refractivity contribution is 5.80. The Morgan fingerprint density at radius 3 is 2.29 bits per heavy atom. The Morgan fingerprint density at radius 1 is 1.07 bits per heavy atom. The maximum Gasteiger partial charge on any atom is 0.320 e. The van der Waals surface area contributed by atoms with Gasteiger partial charge in [-0.2, -0.15) is 9.78 Å². The van der Waals surface area contributed by atoms with Crippen molar-refractivity contribution in [3.05, 3.63) is 64.6 Å². The van der Waals surface area contributed by atoms with Crippen LogP contribution in [0.3, 0.4) is 0 Å². The number of aromatic nitrogens is 4. The molecule has 3 aromatic rings. The van der Waals surface area contributed by atoms with Gasteiger partial charge in [-0.15, -0.1) is 0 Å². The van der Waals surface area contributed by atoms with E-state index in [9.17, 15) is 4.79 Å². The number of carbonyl (C=O) groups is 1. The summed E-state index contributed by atoms with van der Waals surface area (Å²) in [5.41, 5.74) is 4.31. The van der Waals surface area contributed by atoms with Gasteiger partial charge in [0.25, 0.3) is 5.95 Å². The van der Waals surface area contributed by atoms with Crippen molar-refractivity contribution in [1.82, 2.24) is 19.7 Å². The molecule has 0 radical (unpaired) electrons. The van der Waals surface area contributed by atoms with Crippen molar-refractivity contribution in [2.75, 3.05) is 0 Å². The van der Waals surface area contributed by atoms with Gasteiger partial charge in [0, 0.05) is 17.0 Å². The minimum atomic E-state index is -0.338. The summed E-state index contributed by atoms with van der Waals surface area (Å²) in [4.78, 5) is 22.0. The number of benzene rings is 1. The topological polar surface area (TPSA) is 69.9 Å². The van der Waals surface area contributed by atoms with Gasteiger partial charge >= 0.3 is 5.97 Å². The second-order valence-corrected chi connectivity index (χ2v) is 6.88. The van der Waals surface area contributed by atoms with E-state index in [1.54, 1.807) is 4.68 Å². The van der Waals surface area contributed by atoms with E-state index in [0.717, 1.165) is 28.2 Å². The quantitative estimate of drug-likeness (QED) is 0.600. The highest BCUT2D eigenvalue weighted by atomic mass is 16.5. The Morgan fingerprint density at radius 2 is 1.71 bits per heavy atom. The molecule has 6 nitrogen and oxygen atoms in total. The van der Waals surface area contributed by atoms with Crippen LogP contribution in [0, 0.1) is 20.8 Å². The third-order valence-corrected chi connectivity index (χ3v) is 4.74. The van der Waals surface area contributed by atoms with Crippen LogP contribution in [0.15, 0.2) is 36.4 Å². The van der Waals surface area contributed by atoms with Crippen LogP contribution in [0.25, 0.3) is 5.95 Å². The summed E-state index contributed by atoms with van der Waals surface area (Å²) in [5.74, 6) is 0.184. The zero-order valence-corrected chi connectivity index (χ0v) is 17.1. The van der Waals surface area contributed by atoms with Gasteiger partial charge in [-0.05, 0) is 45.2 Å². The van der Waals surface area contributed by atoms with Crippen molar-refractivity contribution >= 4 is 5.97 Å². The molecule has 1 atom stereocenters. The maximum absolute atomic E-state index is 13.0. The molecule has 0 aliphatic rings. The average molecular weight is 378 g/mol. The van der Waals surface area contributed by atoms with Gasteiger partial charge < -0.3 is 4.74 Å². The summed E-state index contributed by atoms with van der Waals surface area (Å²) in [7, 11) is 0. The lowest BCUT2D eigenvalue weighted by molar-refractivity contribution is -0.136. The third kappa shape index (κ3) is 3.96. The van der Waals surface area contributed by atoms with Crippen LogP contribution < -0.4 is 4.74 Å². The maximum atomic E-state index is 13.0. The van der Waals surface area contributed by atoms with E-state index in [2.05, 4.69) is 15.1 Å². The largest absolute Gasteiger partial charge is 0.406 e. The molecule has 2 aromatic heterocycles. The van der Waals surface area contributed by atoms with Gasteiger partial charge in [0.1, 0.15) is 0 Å². The molecule has 6 heteroatoms. The molecule has 3 rings (SSSR count). The van der Waals surface area contributed by atoms with Crippen molar-refractivity contribution in [2.24, 2.45) is 0 Å².